The van der Waals surface area contributed by atoms with Gasteiger partial charge in [-0.2, -0.15) is 5.10 Å². The van der Waals surface area contributed by atoms with Crippen LogP contribution in [0.3, 0.4) is 0 Å². The summed E-state index contributed by atoms with van der Waals surface area (Å²) in [4.78, 5) is 34.5. The maximum absolute atomic E-state index is 11.9. The van der Waals surface area contributed by atoms with E-state index in [1.54, 1.807) is 35.0 Å². The second-order valence-electron chi connectivity index (χ2n) is 5.12. The first-order valence-corrected chi connectivity index (χ1v) is 6.99. The molecule has 0 amide bonds. The Morgan fingerprint density at radius 3 is 2.58 bits per heavy atom. The Morgan fingerprint density at radius 2 is 1.96 bits per heavy atom. The molecule has 3 rings (SSSR count). The molecule has 2 aliphatic rings. The number of benzene rings is 1. The highest BCUT2D eigenvalue weighted by Crippen LogP contribution is 2.23. The van der Waals surface area contributed by atoms with Crippen molar-refractivity contribution in [2.24, 2.45) is 0 Å². The zero-order chi connectivity index (χ0) is 17.3. The summed E-state index contributed by atoms with van der Waals surface area (Å²) in [5.41, 5.74) is 1.55. The molecule has 0 aromatic heterocycles. The minimum absolute atomic E-state index is 0.0795. The number of nitrogens with one attached hydrogen (secondary N) is 1. The number of aliphatic carboxylic acids is 1. The number of carbonyl (C=O) groups excluding carboxylic acids is 1. The smallest absolute Gasteiger partial charge is 0.341 e. The van der Waals surface area contributed by atoms with E-state index in [-0.39, 0.29) is 23.2 Å². The van der Waals surface area contributed by atoms with Crippen LogP contribution in [0.5, 0.6) is 0 Å². The summed E-state index contributed by atoms with van der Waals surface area (Å²) in [5, 5.41) is 15.0. The molecule has 1 aromatic rings. The molecule has 24 heavy (non-hydrogen) atoms. The van der Waals surface area contributed by atoms with E-state index in [1.165, 1.54) is 13.3 Å². The quantitative estimate of drug-likeness (QED) is 0.693. The molecular weight excluding hydrogens is 314 g/mol. The van der Waals surface area contributed by atoms with Crippen LogP contribution in [0.1, 0.15) is 15.9 Å². The van der Waals surface area contributed by atoms with Crippen LogP contribution in [0.15, 0.2) is 41.5 Å². The van der Waals surface area contributed by atoms with Gasteiger partial charge in [0.1, 0.15) is 11.3 Å². The predicted molar refractivity (Wildman–Crippen MR) is 83.5 cm³/mol. The maximum atomic E-state index is 11.9. The molecule has 0 unspecified atom stereocenters. The Balaban J connectivity index is 2.10. The van der Waals surface area contributed by atoms with Gasteiger partial charge < -0.3 is 14.4 Å². The number of carbonyl (C=O) groups is 2. The van der Waals surface area contributed by atoms with Crippen molar-refractivity contribution in [2.45, 2.75) is 6.42 Å². The van der Waals surface area contributed by atoms with Crippen molar-refractivity contribution in [3.8, 4) is 16.9 Å². The van der Waals surface area contributed by atoms with Crippen LogP contribution in [0, 0.1) is 0 Å². The number of methoxy groups -OCH3 is 1. The summed E-state index contributed by atoms with van der Waals surface area (Å²) in [6.45, 7) is 0. The van der Waals surface area contributed by atoms with E-state index in [1.807, 2.05) is 0 Å². The van der Waals surface area contributed by atoms with Gasteiger partial charge in [-0.1, -0.05) is 12.1 Å². The number of nitrogens with zero attached hydrogens (tertiary/aromatic N) is 2. The lowest BCUT2D eigenvalue weighted by Crippen LogP contribution is -2.11. The fourth-order valence-electron chi connectivity index (χ4n) is 2.41. The van der Waals surface area contributed by atoms with Gasteiger partial charge in [0.25, 0.3) is 5.56 Å². The van der Waals surface area contributed by atoms with Gasteiger partial charge in [0.05, 0.1) is 19.1 Å². The molecule has 0 saturated carbocycles. The summed E-state index contributed by atoms with van der Waals surface area (Å²) >= 11 is 0. The number of pyridine rings is 1. The largest absolute Gasteiger partial charge is 0.481 e. The van der Waals surface area contributed by atoms with Crippen LogP contribution >= 0.6 is 0 Å². The second kappa shape index (κ2) is 5.99. The van der Waals surface area contributed by atoms with Crippen LogP contribution in [0.25, 0.3) is 16.9 Å². The molecule has 1 aromatic carbocycles. The van der Waals surface area contributed by atoms with Gasteiger partial charge in [-0.25, -0.2) is 9.89 Å². The molecule has 0 spiro atoms. The van der Waals surface area contributed by atoms with Gasteiger partial charge in [0.2, 0.25) is 0 Å². The lowest BCUT2D eigenvalue weighted by Gasteiger charge is -2.12. The van der Waals surface area contributed by atoms with E-state index in [4.69, 9.17) is 9.84 Å². The van der Waals surface area contributed by atoms with Crippen molar-refractivity contribution in [3.63, 3.8) is 0 Å². The molecule has 8 heteroatoms. The first kappa shape index (κ1) is 15.5. The van der Waals surface area contributed by atoms with Crippen molar-refractivity contribution in [3.05, 3.63) is 58.1 Å². The van der Waals surface area contributed by atoms with Crippen molar-refractivity contribution in [2.75, 3.05) is 7.11 Å². The number of carboxylic acids is 1. The number of esters is 1. The van der Waals surface area contributed by atoms with Crippen molar-refractivity contribution in [1.82, 2.24) is 14.8 Å². The molecule has 0 fully saturated rings. The van der Waals surface area contributed by atoms with Gasteiger partial charge in [-0.05, 0) is 17.7 Å². The monoisotopic (exact) mass is 327 g/mol. The third kappa shape index (κ3) is 2.76. The predicted octanol–water partition coefficient (Wildman–Crippen LogP) is 1.08. The number of aromatic nitrogens is 3. The minimum Gasteiger partial charge on any atom is -0.481 e. The molecule has 2 aliphatic heterocycles. The summed E-state index contributed by atoms with van der Waals surface area (Å²) in [6.07, 6.45) is 2.99. The molecule has 0 atom stereocenters. The molecule has 2 heterocycles. The van der Waals surface area contributed by atoms with Crippen molar-refractivity contribution < 1.29 is 19.4 Å². The lowest BCUT2D eigenvalue weighted by molar-refractivity contribution is -0.136. The summed E-state index contributed by atoms with van der Waals surface area (Å²) in [6, 6.07) is 6.75. The lowest BCUT2D eigenvalue weighted by atomic mass is 10.1. The first-order chi connectivity index (χ1) is 11.5. The fraction of sp³-hybridized carbons (Fsp3) is 0.125. The summed E-state index contributed by atoms with van der Waals surface area (Å²) < 4.78 is 6.33. The van der Waals surface area contributed by atoms with Gasteiger partial charge in [-0.15, -0.1) is 0 Å². The third-order valence-electron chi connectivity index (χ3n) is 3.56. The maximum Gasteiger partial charge on any atom is 0.341 e. The molecule has 0 bridgehead atoms. The van der Waals surface area contributed by atoms with Crippen LogP contribution < -0.4 is 5.56 Å². The van der Waals surface area contributed by atoms with Crippen LogP contribution in [0.4, 0.5) is 0 Å². The van der Waals surface area contributed by atoms with E-state index >= 15 is 0 Å². The summed E-state index contributed by atoms with van der Waals surface area (Å²) in [7, 11) is 1.25. The van der Waals surface area contributed by atoms with E-state index in [2.05, 4.69) is 10.2 Å². The van der Waals surface area contributed by atoms with Crippen molar-refractivity contribution >= 4 is 11.9 Å². The number of hydrogen-bond donors (Lipinski definition) is 2. The van der Waals surface area contributed by atoms with Gasteiger partial charge in [0.15, 0.2) is 0 Å². The molecule has 8 nitrogen and oxygen atoms in total. The molecule has 0 saturated heterocycles. The first-order valence-electron chi connectivity index (χ1n) is 6.99. The number of aromatic amines is 1. The minimum atomic E-state index is -0.917. The van der Waals surface area contributed by atoms with Gasteiger partial charge in [0, 0.05) is 18.1 Å². The summed E-state index contributed by atoms with van der Waals surface area (Å²) in [5.74, 6) is -1.53. The number of hydrogen-bond acceptors (Lipinski definition) is 5. The Bertz CT molecular complexity index is 939. The highest BCUT2D eigenvalue weighted by molar-refractivity contribution is 5.96. The average Bonchev–Trinajstić information content (AvgIpc) is 2.95. The zero-order valence-electron chi connectivity index (χ0n) is 12.6. The normalized spacial score (nSPS) is 10.7. The number of ether oxygens (including phenoxy) is 1. The number of H-pyrrole nitrogens is 1. The van der Waals surface area contributed by atoms with E-state index < -0.39 is 17.5 Å². The molecule has 0 aliphatic carbocycles. The Labute approximate surface area is 135 Å². The number of rotatable bonds is 4. The van der Waals surface area contributed by atoms with Crippen LogP contribution in [-0.4, -0.2) is 38.9 Å². The topological polar surface area (TPSA) is 114 Å². The van der Waals surface area contributed by atoms with Gasteiger partial charge >= 0.3 is 11.9 Å². The van der Waals surface area contributed by atoms with Crippen molar-refractivity contribution in [1.29, 1.82) is 0 Å². The second-order valence-corrected chi connectivity index (χ2v) is 5.12. The van der Waals surface area contributed by atoms with E-state index in [9.17, 15) is 14.4 Å². The number of fused-ring (bicyclic) bond motifs is 1. The SMILES string of the molecule is COC(=O)c1cn(-c2ccc(CC(=O)O)cc2)cc2c(=O)[nH]nc1-2. The van der Waals surface area contributed by atoms with E-state index in [0.29, 0.717) is 11.3 Å². The Hall–Kier alpha value is -3.42. The Morgan fingerprint density at radius 1 is 1.25 bits per heavy atom. The Kier molecular flexibility index (Phi) is 3.87. The fourth-order valence-corrected chi connectivity index (χ4v) is 2.41. The highest BCUT2D eigenvalue weighted by atomic mass is 16.5. The molecule has 2 N–H and O–H groups in total. The van der Waals surface area contributed by atoms with E-state index in [0.717, 1.165) is 0 Å². The molecule has 0 radical (unpaired) electrons. The van der Waals surface area contributed by atoms with Gasteiger partial charge in [-0.3, -0.25) is 9.59 Å². The highest BCUT2D eigenvalue weighted by Gasteiger charge is 2.22. The third-order valence-corrected chi connectivity index (χ3v) is 3.56. The molecular formula is C16H13N3O5. The zero-order valence-corrected chi connectivity index (χ0v) is 12.6. The number of carboxylic acid groups (broad SMARTS) is 1. The molecule has 122 valence electrons. The average molecular weight is 327 g/mol. The van der Waals surface area contributed by atoms with Crippen LogP contribution in [0.2, 0.25) is 0 Å². The van der Waals surface area contributed by atoms with Crippen LogP contribution in [-0.2, 0) is 16.0 Å². The standard InChI is InChI=1S/C16H13N3O5/c1-24-16(23)12-8-19(7-11-14(12)17-18-15(11)22)10-4-2-9(3-5-10)6-13(20)21/h2-5,7-8H,6H2,1H3,(H,18,22)(H,20,21).